The Bertz CT molecular complexity index is 565. The summed E-state index contributed by atoms with van der Waals surface area (Å²) in [5.74, 6) is -1.03. The number of benzene rings is 1. The Morgan fingerprint density at radius 1 is 0.864 bits per heavy atom. The Labute approximate surface area is 131 Å². The zero-order valence-electron chi connectivity index (χ0n) is 13.9. The monoisotopic (exact) mass is 305 g/mol. The van der Waals surface area contributed by atoms with Gasteiger partial charge < -0.3 is 0 Å². The molecule has 0 radical (unpaired) electrons. The third-order valence-electron chi connectivity index (χ3n) is 4.02. The standard InChI is InChI=1S/C15H23N5O2/c1-16(2)15(17(3)4)19(6)13(21)18(5)14(22)20(15)12-10-8-7-9-11-12/h7-11H,1-6H3. The molecule has 0 spiro atoms. The Balaban J connectivity index is 2.72. The van der Waals surface area contributed by atoms with Gasteiger partial charge in [0.25, 0.3) is 0 Å². The van der Waals surface area contributed by atoms with Gasteiger partial charge in [0.05, 0.1) is 5.69 Å². The minimum Gasteiger partial charge on any atom is -0.277 e. The molecule has 1 aromatic carbocycles. The van der Waals surface area contributed by atoms with Gasteiger partial charge in [-0.2, -0.15) is 0 Å². The van der Waals surface area contributed by atoms with E-state index in [9.17, 15) is 9.59 Å². The number of nitrogens with zero attached hydrogens (tertiary/aromatic N) is 5. The van der Waals surface area contributed by atoms with E-state index in [0.717, 1.165) is 10.6 Å². The molecule has 0 aliphatic carbocycles. The molecule has 1 aliphatic rings. The maximum absolute atomic E-state index is 12.9. The van der Waals surface area contributed by atoms with E-state index in [1.54, 1.807) is 16.8 Å². The van der Waals surface area contributed by atoms with Gasteiger partial charge in [-0.25, -0.2) is 19.4 Å². The molecule has 0 aromatic heterocycles. The van der Waals surface area contributed by atoms with Crippen molar-refractivity contribution in [1.29, 1.82) is 0 Å². The van der Waals surface area contributed by atoms with Crippen LogP contribution in [0.5, 0.6) is 0 Å². The lowest BCUT2D eigenvalue weighted by molar-refractivity contribution is -0.104. The van der Waals surface area contributed by atoms with Gasteiger partial charge in [0.1, 0.15) is 0 Å². The molecule has 0 saturated carbocycles. The molecule has 22 heavy (non-hydrogen) atoms. The molecular formula is C15H23N5O2. The number of para-hydroxylation sites is 1. The normalized spacial score (nSPS) is 18.6. The average molecular weight is 305 g/mol. The van der Waals surface area contributed by atoms with Gasteiger partial charge in [-0.1, -0.05) is 18.2 Å². The van der Waals surface area contributed by atoms with E-state index in [2.05, 4.69) is 0 Å². The van der Waals surface area contributed by atoms with Crippen LogP contribution in [0.4, 0.5) is 15.3 Å². The molecule has 1 heterocycles. The molecule has 1 fully saturated rings. The summed E-state index contributed by atoms with van der Waals surface area (Å²) in [5, 5.41) is 0. The highest BCUT2D eigenvalue weighted by Crippen LogP contribution is 2.35. The van der Waals surface area contributed by atoms with Crippen molar-refractivity contribution in [3.8, 4) is 0 Å². The quantitative estimate of drug-likeness (QED) is 0.791. The van der Waals surface area contributed by atoms with Crippen LogP contribution in [-0.4, -0.2) is 79.9 Å². The summed E-state index contributed by atoms with van der Waals surface area (Å²) in [7, 11) is 10.6. The summed E-state index contributed by atoms with van der Waals surface area (Å²) < 4.78 is 0. The van der Waals surface area contributed by atoms with Gasteiger partial charge in [-0.3, -0.25) is 14.7 Å². The predicted octanol–water partition coefficient (Wildman–Crippen LogP) is 1.34. The minimum atomic E-state index is -1.03. The Hall–Kier alpha value is -2.12. The average Bonchev–Trinajstić information content (AvgIpc) is 2.48. The van der Waals surface area contributed by atoms with Gasteiger partial charge in [-0.15, -0.1) is 0 Å². The Morgan fingerprint density at radius 3 is 1.82 bits per heavy atom. The van der Waals surface area contributed by atoms with Gasteiger partial charge in [0.2, 0.25) is 5.91 Å². The first-order chi connectivity index (χ1) is 10.3. The van der Waals surface area contributed by atoms with Crippen molar-refractivity contribution >= 4 is 17.7 Å². The molecule has 120 valence electrons. The SMILES string of the molecule is CN1C(=O)N(C)C(N(C)C)(N(C)C)N(c2ccccc2)C1=O. The lowest BCUT2D eigenvalue weighted by Gasteiger charge is -2.59. The van der Waals surface area contributed by atoms with Crippen molar-refractivity contribution in [3.63, 3.8) is 0 Å². The van der Waals surface area contributed by atoms with E-state index in [4.69, 9.17) is 0 Å². The Kier molecular flexibility index (Phi) is 4.12. The fourth-order valence-electron chi connectivity index (χ4n) is 3.12. The van der Waals surface area contributed by atoms with E-state index in [0.29, 0.717) is 0 Å². The van der Waals surface area contributed by atoms with Crippen LogP contribution >= 0.6 is 0 Å². The summed E-state index contributed by atoms with van der Waals surface area (Å²) in [6, 6.07) is 8.64. The number of hydrogen-bond donors (Lipinski definition) is 0. The molecule has 2 rings (SSSR count). The summed E-state index contributed by atoms with van der Waals surface area (Å²) >= 11 is 0. The van der Waals surface area contributed by atoms with Crippen LogP contribution in [0.25, 0.3) is 0 Å². The van der Waals surface area contributed by atoms with Crippen LogP contribution in [0.2, 0.25) is 0 Å². The van der Waals surface area contributed by atoms with Crippen molar-refractivity contribution in [3.05, 3.63) is 30.3 Å². The van der Waals surface area contributed by atoms with Crippen molar-refractivity contribution in [1.82, 2.24) is 19.6 Å². The molecule has 0 atom stereocenters. The van der Waals surface area contributed by atoms with E-state index < -0.39 is 5.91 Å². The number of carbonyl (C=O) groups excluding carboxylic acids is 2. The van der Waals surface area contributed by atoms with Gasteiger partial charge >= 0.3 is 12.1 Å². The number of imide groups is 1. The first-order valence-electron chi connectivity index (χ1n) is 7.01. The molecular weight excluding hydrogens is 282 g/mol. The topological polar surface area (TPSA) is 50.3 Å². The number of urea groups is 2. The zero-order valence-corrected chi connectivity index (χ0v) is 13.9. The molecule has 1 aromatic rings. The first kappa shape index (κ1) is 16.3. The summed E-state index contributed by atoms with van der Waals surface area (Å²) in [6.45, 7) is 0. The fourth-order valence-corrected chi connectivity index (χ4v) is 3.12. The largest absolute Gasteiger partial charge is 0.336 e. The third-order valence-corrected chi connectivity index (χ3v) is 4.02. The lowest BCUT2D eigenvalue weighted by Crippen LogP contribution is -2.82. The molecule has 7 heteroatoms. The van der Waals surface area contributed by atoms with Crippen molar-refractivity contribution in [2.75, 3.05) is 47.2 Å². The van der Waals surface area contributed by atoms with Crippen LogP contribution in [0.15, 0.2) is 30.3 Å². The molecule has 0 bridgehead atoms. The van der Waals surface area contributed by atoms with Gasteiger partial charge in [0, 0.05) is 14.1 Å². The molecule has 7 nitrogen and oxygen atoms in total. The third kappa shape index (κ3) is 2.05. The van der Waals surface area contributed by atoms with Crippen molar-refractivity contribution in [2.45, 2.75) is 5.91 Å². The van der Waals surface area contributed by atoms with Crippen molar-refractivity contribution < 1.29 is 9.59 Å². The number of hydrogen-bond acceptors (Lipinski definition) is 4. The number of anilines is 1. The summed E-state index contributed by atoms with van der Waals surface area (Å²) in [5.41, 5.74) is 0.723. The Morgan fingerprint density at radius 2 is 1.36 bits per heavy atom. The van der Waals surface area contributed by atoms with E-state index in [1.807, 2.05) is 68.3 Å². The highest BCUT2D eigenvalue weighted by molar-refractivity contribution is 6.05. The number of amides is 4. The molecule has 1 saturated heterocycles. The molecule has 0 N–H and O–H groups in total. The van der Waals surface area contributed by atoms with Crippen LogP contribution < -0.4 is 4.90 Å². The van der Waals surface area contributed by atoms with E-state index >= 15 is 0 Å². The second-order valence-corrected chi connectivity index (χ2v) is 5.74. The zero-order chi connectivity index (χ0) is 16.7. The summed E-state index contributed by atoms with van der Waals surface area (Å²) in [6.07, 6.45) is 0. The fraction of sp³-hybridized carbons (Fsp3) is 0.467. The maximum Gasteiger partial charge on any atom is 0.336 e. The smallest absolute Gasteiger partial charge is 0.277 e. The number of carbonyl (C=O) groups is 2. The molecule has 4 amide bonds. The highest BCUT2D eigenvalue weighted by Gasteiger charge is 2.56. The minimum absolute atomic E-state index is 0.348. The van der Waals surface area contributed by atoms with Crippen LogP contribution in [-0.2, 0) is 0 Å². The highest BCUT2D eigenvalue weighted by atomic mass is 16.2. The predicted molar refractivity (Wildman–Crippen MR) is 85.3 cm³/mol. The lowest BCUT2D eigenvalue weighted by atomic mass is 10.2. The molecule has 0 unspecified atom stereocenters. The number of rotatable bonds is 3. The summed E-state index contributed by atoms with van der Waals surface area (Å²) in [4.78, 5) is 33.3. The van der Waals surface area contributed by atoms with Crippen molar-refractivity contribution in [2.24, 2.45) is 0 Å². The first-order valence-corrected chi connectivity index (χ1v) is 7.01. The van der Waals surface area contributed by atoms with Gasteiger partial charge in [0.15, 0.2) is 0 Å². The maximum atomic E-state index is 12.9. The van der Waals surface area contributed by atoms with E-state index in [-0.39, 0.29) is 12.1 Å². The van der Waals surface area contributed by atoms with Crippen LogP contribution in [0.3, 0.4) is 0 Å². The molecule has 1 aliphatic heterocycles. The van der Waals surface area contributed by atoms with Crippen LogP contribution in [0, 0.1) is 0 Å². The van der Waals surface area contributed by atoms with Gasteiger partial charge in [-0.05, 0) is 40.3 Å². The van der Waals surface area contributed by atoms with Crippen LogP contribution in [0.1, 0.15) is 0 Å². The second-order valence-electron chi connectivity index (χ2n) is 5.74. The second kappa shape index (κ2) is 5.58. The van der Waals surface area contributed by atoms with E-state index in [1.165, 1.54) is 7.05 Å².